The highest BCUT2D eigenvalue weighted by molar-refractivity contribution is 6.31. The van der Waals surface area contributed by atoms with E-state index in [9.17, 15) is 24.4 Å². The quantitative estimate of drug-likeness (QED) is 0.480. The largest absolute Gasteiger partial charge is 0.367 e. The van der Waals surface area contributed by atoms with E-state index in [1.165, 1.54) is 27.7 Å². The van der Waals surface area contributed by atoms with Gasteiger partial charge in [-0.25, -0.2) is 9.59 Å². The molecule has 1 aromatic heterocycles. The van der Waals surface area contributed by atoms with E-state index in [1.54, 1.807) is 22.8 Å². The number of carbonyl (C=O) groups is 2. The first-order chi connectivity index (χ1) is 18.7. The third-order valence-electron chi connectivity index (χ3n) is 7.29. The molecule has 3 N–H and O–H groups in total. The molecule has 11 nitrogen and oxygen atoms in total. The molecule has 1 aliphatic carbocycles. The smallest absolute Gasteiger partial charge is 0.331 e. The Hall–Kier alpha value is -4.14. The molecule has 2 aliphatic rings. The standard InChI is InChI=1S/C27H27ClN6O5/c1-2-33-22-8-7-19(12-20(22)23(35)34(26(33)38)14-16-3-4-16)31-25(37)32-9-10-39-27(15-32,24(30)36)18-6-5-17(13-29)21(28)11-18/h5-8,11-12,16H,2-4,9-10,14-15H2,1H3,(H2,30,36)(H,31,37). The van der Waals surface area contributed by atoms with Crippen molar-refractivity contribution in [3.63, 3.8) is 0 Å². The van der Waals surface area contributed by atoms with Crippen molar-refractivity contribution in [2.45, 2.75) is 38.5 Å². The third-order valence-corrected chi connectivity index (χ3v) is 7.61. The van der Waals surface area contributed by atoms with Crippen molar-refractivity contribution in [2.24, 2.45) is 11.7 Å². The van der Waals surface area contributed by atoms with E-state index < -0.39 is 17.5 Å². The molecule has 3 aromatic rings. The Balaban J connectivity index is 1.44. The van der Waals surface area contributed by atoms with Crippen LogP contribution in [-0.2, 0) is 28.2 Å². The van der Waals surface area contributed by atoms with Crippen LogP contribution in [-0.4, -0.2) is 45.7 Å². The minimum Gasteiger partial charge on any atom is -0.367 e. The second kappa shape index (κ2) is 10.2. The zero-order chi connectivity index (χ0) is 27.9. The molecule has 0 radical (unpaired) electrons. The van der Waals surface area contributed by atoms with Gasteiger partial charge >= 0.3 is 11.7 Å². The second-order valence-electron chi connectivity index (χ2n) is 9.82. The minimum absolute atomic E-state index is 0.0281. The second-order valence-corrected chi connectivity index (χ2v) is 10.2. The Morgan fingerprint density at radius 2 is 1.97 bits per heavy atom. The van der Waals surface area contributed by atoms with Gasteiger partial charge in [-0.15, -0.1) is 0 Å². The van der Waals surface area contributed by atoms with E-state index in [-0.39, 0.29) is 41.5 Å². The summed E-state index contributed by atoms with van der Waals surface area (Å²) in [6.07, 6.45) is 1.99. The van der Waals surface area contributed by atoms with Crippen LogP contribution in [0.3, 0.4) is 0 Å². The third kappa shape index (κ3) is 4.77. The van der Waals surface area contributed by atoms with Crippen molar-refractivity contribution < 1.29 is 14.3 Å². The number of aryl methyl sites for hydroxylation is 1. The number of hydrogen-bond donors (Lipinski definition) is 2. The first-order valence-corrected chi connectivity index (χ1v) is 13.0. The van der Waals surface area contributed by atoms with Gasteiger partial charge in [-0.1, -0.05) is 17.7 Å². The highest BCUT2D eigenvalue weighted by Crippen LogP contribution is 2.33. The number of hydrogen-bond acceptors (Lipinski definition) is 6. The van der Waals surface area contributed by atoms with Gasteiger partial charge in [0.1, 0.15) is 6.07 Å². The molecule has 1 saturated heterocycles. The molecule has 12 heteroatoms. The molecule has 1 unspecified atom stereocenters. The summed E-state index contributed by atoms with van der Waals surface area (Å²) in [5, 5.41) is 12.4. The average molecular weight is 551 g/mol. The molecule has 2 heterocycles. The van der Waals surface area contributed by atoms with Crippen LogP contribution in [0.2, 0.25) is 5.02 Å². The summed E-state index contributed by atoms with van der Waals surface area (Å²) in [6.45, 7) is 2.64. The number of nitrogens with zero attached hydrogens (tertiary/aromatic N) is 4. The number of fused-ring (bicyclic) bond motifs is 1. The van der Waals surface area contributed by atoms with Crippen LogP contribution in [0.5, 0.6) is 0 Å². The predicted molar refractivity (Wildman–Crippen MR) is 144 cm³/mol. The Morgan fingerprint density at radius 1 is 1.21 bits per heavy atom. The van der Waals surface area contributed by atoms with Gasteiger partial charge in [-0.05, 0) is 61.6 Å². The van der Waals surface area contributed by atoms with Gasteiger partial charge in [-0.3, -0.25) is 18.7 Å². The van der Waals surface area contributed by atoms with Gasteiger partial charge in [0.15, 0.2) is 5.60 Å². The fourth-order valence-electron chi connectivity index (χ4n) is 4.95. The van der Waals surface area contributed by atoms with Gasteiger partial charge in [0.05, 0.1) is 34.6 Å². The number of morpholine rings is 1. The highest BCUT2D eigenvalue weighted by Gasteiger charge is 2.45. The Labute approximate surface area is 228 Å². The normalized spacial score (nSPS) is 19.1. The molecular weight excluding hydrogens is 524 g/mol. The fraction of sp³-hybridized carbons (Fsp3) is 0.370. The summed E-state index contributed by atoms with van der Waals surface area (Å²) < 4.78 is 8.65. The first kappa shape index (κ1) is 26.5. The van der Waals surface area contributed by atoms with Crippen molar-refractivity contribution in [1.29, 1.82) is 5.26 Å². The zero-order valence-electron chi connectivity index (χ0n) is 21.3. The average Bonchev–Trinajstić information content (AvgIpc) is 3.76. The summed E-state index contributed by atoms with van der Waals surface area (Å²) in [7, 11) is 0. The lowest BCUT2D eigenvalue weighted by Gasteiger charge is -2.40. The van der Waals surface area contributed by atoms with Crippen LogP contribution < -0.4 is 22.3 Å². The lowest BCUT2D eigenvalue weighted by atomic mass is 9.90. The number of ether oxygens (including phenoxy) is 1. The summed E-state index contributed by atoms with van der Waals surface area (Å²) in [6, 6.07) is 10.7. The molecule has 2 fully saturated rings. The number of benzene rings is 2. The summed E-state index contributed by atoms with van der Waals surface area (Å²) in [5.74, 6) is -0.473. The number of aromatic nitrogens is 2. The molecule has 0 spiro atoms. The van der Waals surface area contributed by atoms with Crippen LogP contribution in [0.1, 0.15) is 30.9 Å². The lowest BCUT2D eigenvalue weighted by Crippen LogP contribution is -2.58. The molecule has 1 aliphatic heterocycles. The van der Waals surface area contributed by atoms with Gasteiger partial charge in [0.25, 0.3) is 11.5 Å². The monoisotopic (exact) mass is 550 g/mol. The zero-order valence-corrected chi connectivity index (χ0v) is 22.0. The lowest BCUT2D eigenvalue weighted by molar-refractivity contribution is -0.155. The van der Waals surface area contributed by atoms with Crippen molar-refractivity contribution in [3.8, 4) is 6.07 Å². The van der Waals surface area contributed by atoms with E-state index in [1.807, 2.05) is 13.0 Å². The van der Waals surface area contributed by atoms with Crippen LogP contribution >= 0.6 is 11.6 Å². The number of halogens is 1. The maximum atomic E-state index is 13.3. The first-order valence-electron chi connectivity index (χ1n) is 12.7. The molecule has 2 aromatic carbocycles. The number of primary amides is 1. The van der Waals surface area contributed by atoms with Gasteiger partial charge in [0.2, 0.25) is 0 Å². The minimum atomic E-state index is -1.66. The van der Waals surface area contributed by atoms with Gasteiger partial charge in [0, 0.05) is 25.3 Å². The van der Waals surface area contributed by atoms with E-state index in [0.29, 0.717) is 41.2 Å². The molecule has 1 saturated carbocycles. The van der Waals surface area contributed by atoms with E-state index in [4.69, 9.17) is 22.1 Å². The molecule has 1 atom stereocenters. The van der Waals surface area contributed by atoms with Crippen molar-refractivity contribution >= 4 is 40.1 Å². The molecular formula is C27H27ClN6O5. The molecule has 3 amide bonds. The molecule has 39 heavy (non-hydrogen) atoms. The molecule has 5 rings (SSSR count). The highest BCUT2D eigenvalue weighted by atomic mass is 35.5. The predicted octanol–water partition coefficient (Wildman–Crippen LogP) is 2.36. The Morgan fingerprint density at radius 3 is 2.62 bits per heavy atom. The van der Waals surface area contributed by atoms with Crippen LogP contribution in [0, 0.1) is 17.2 Å². The van der Waals surface area contributed by atoms with Crippen molar-refractivity contribution in [2.75, 3.05) is 25.0 Å². The SMILES string of the molecule is CCn1c(=O)n(CC2CC2)c(=O)c2cc(NC(=O)N3CCOC(C(N)=O)(c4ccc(C#N)c(Cl)c4)C3)ccc21. The number of amides is 3. The number of nitrogens with one attached hydrogen (secondary N) is 1. The molecule has 202 valence electrons. The van der Waals surface area contributed by atoms with Crippen LogP contribution in [0.15, 0.2) is 46.0 Å². The van der Waals surface area contributed by atoms with Crippen LogP contribution in [0.25, 0.3) is 10.9 Å². The summed E-state index contributed by atoms with van der Waals surface area (Å²) >= 11 is 6.18. The summed E-state index contributed by atoms with van der Waals surface area (Å²) in [4.78, 5) is 53.5. The fourth-order valence-corrected chi connectivity index (χ4v) is 5.17. The number of rotatable bonds is 6. The molecule has 0 bridgehead atoms. The van der Waals surface area contributed by atoms with Gasteiger partial charge < -0.3 is 20.7 Å². The van der Waals surface area contributed by atoms with Gasteiger partial charge in [-0.2, -0.15) is 5.26 Å². The number of urea groups is 1. The van der Waals surface area contributed by atoms with Crippen molar-refractivity contribution in [3.05, 3.63) is 73.4 Å². The summed E-state index contributed by atoms with van der Waals surface area (Å²) in [5.41, 5.74) is 4.77. The van der Waals surface area contributed by atoms with Crippen molar-refractivity contribution in [1.82, 2.24) is 14.0 Å². The van der Waals surface area contributed by atoms with E-state index in [2.05, 4.69) is 5.32 Å². The topological polar surface area (TPSA) is 152 Å². The van der Waals surface area contributed by atoms with E-state index >= 15 is 0 Å². The maximum Gasteiger partial charge on any atom is 0.331 e. The number of nitriles is 1. The number of anilines is 1. The van der Waals surface area contributed by atoms with E-state index in [0.717, 1.165) is 12.8 Å². The Bertz CT molecular complexity index is 1650. The number of nitrogens with two attached hydrogens (primary N) is 1. The maximum absolute atomic E-state index is 13.3. The Kier molecular flexibility index (Phi) is 6.92. The van der Waals surface area contributed by atoms with Crippen LogP contribution in [0.4, 0.5) is 10.5 Å². The number of carbonyl (C=O) groups excluding carboxylic acids is 2.